The second-order valence-electron chi connectivity index (χ2n) is 8.34. The molecule has 5 rings (SSSR count). The minimum atomic E-state index is -0.816. The molecule has 0 spiro atoms. The van der Waals surface area contributed by atoms with Gasteiger partial charge in [0.2, 0.25) is 11.8 Å². The molecule has 3 N–H and O–H groups in total. The van der Waals surface area contributed by atoms with E-state index in [1.807, 2.05) is 0 Å². The van der Waals surface area contributed by atoms with E-state index in [9.17, 15) is 18.8 Å². The Bertz CT molecular complexity index is 1290. The predicted molar refractivity (Wildman–Crippen MR) is 118 cm³/mol. The van der Waals surface area contributed by atoms with E-state index in [-0.39, 0.29) is 46.6 Å². The van der Waals surface area contributed by atoms with Crippen LogP contribution in [0, 0.1) is 11.7 Å². The third-order valence-corrected chi connectivity index (χ3v) is 6.55. The lowest BCUT2D eigenvalue weighted by atomic mass is 9.97. The second kappa shape index (κ2) is 8.11. The molecular weight excluding hydrogens is 451 g/mol. The van der Waals surface area contributed by atoms with Gasteiger partial charge in [0, 0.05) is 11.4 Å². The molecule has 3 heterocycles. The first-order chi connectivity index (χ1) is 15.8. The first kappa shape index (κ1) is 21.3. The molecule has 11 heteroatoms. The summed E-state index contributed by atoms with van der Waals surface area (Å²) >= 11 is 5.91. The van der Waals surface area contributed by atoms with E-state index in [4.69, 9.17) is 17.3 Å². The van der Waals surface area contributed by atoms with Crippen molar-refractivity contribution in [3.05, 3.63) is 53.1 Å². The Hall–Kier alpha value is -3.53. The van der Waals surface area contributed by atoms with Gasteiger partial charge in [-0.15, -0.1) is 0 Å². The quantitative estimate of drug-likeness (QED) is 0.554. The molecule has 0 unspecified atom stereocenters. The number of rotatable bonds is 5. The number of carbonyl (C=O) groups is 3. The van der Waals surface area contributed by atoms with Crippen LogP contribution in [0.5, 0.6) is 0 Å². The molecule has 9 nitrogen and oxygen atoms in total. The zero-order valence-electron chi connectivity index (χ0n) is 17.4. The number of aromatic nitrogens is 3. The van der Waals surface area contributed by atoms with Crippen LogP contribution >= 0.6 is 11.6 Å². The average Bonchev–Trinajstić information content (AvgIpc) is 3.46. The standard InChI is InChI=1S/C22H20ClFN6O3/c23-16-2-1-3-17(26-16)27-22(33)20-11-4-6-13(8-11)30(20)18(31)10-29-15-7-5-12(24)9-14(15)19(28-29)21(25)32/h1-3,5,7,9,11,13,20H,4,6,8,10H2,(H2,25,32)(H,26,27,33)/t11-,13+,20-/m0/s1. The first-order valence-electron chi connectivity index (χ1n) is 10.5. The van der Waals surface area contributed by atoms with Gasteiger partial charge in [0.25, 0.3) is 5.91 Å². The summed E-state index contributed by atoms with van der Waals surface area (Å²) in [6.07, 6.45) is 2.41. The van der Waals surface area contributed by atoms with E-state index in [2.05, 4.69) is 15.4 Å². The SMILES string of the molecule is NC(=O)c1nn(CC(=O)N2[C@@H]3CC[C@@H](C3)[C@H]2C(=O)Nc2cccc(Cl)n2)c2ccc(F)cc12. The Morgan fingerprint density at radius 1 is 1.21 bits per heavy atom. The van der Waals surface area contributed by atoms with Crippen molar-refractivity contribution in [1.29, 1.82) is 0 Å². The zero-order chi connectivity index (χ0) is 23.3. The second-order valence-corrected chi connectivity index (χ2v) is 8.73. The summed E-state index contributed by atoms with van der Waals surface area (Å²) in [6.45, 7) is -0.210. The van der Waals surface area contributed by atoms with Gasteiger partial charge in [-0.3, -0.25) is 19.1 Å². The molecule has 3 atom stereocenters. The van der Waals surface area contributed by atoms with Crippen molar-refractivity contribution < 1.29 is 18.8 Å². The number of piperidine rings is 1. The first-order valence-corrected chi connectivity index (χ1v) is 10.9. The molecule has 170 valence electrons. The van der Waals surface area contributed by atoms with Crippen LogP contribution in [-0.4, -0.2) is 49.5 Å². The Kier molecular flexibility index (Phi) is 5.24. The number of likely N-dealkylation sites (tertiary alicyclic amines) is 1. The maximum atomic E-state index is 13.7. The Morgan fingerprint density at radius 2 is 2.03 bits per heavy atom. The highest BCUT2D eigenvalue weighted by molar-refractivity contribution is 6.29. The van der Waals surface area contributed by atoms with Crippen LogP contribution in [0.15, 0.2) is 36.4 Å². The van der Waals surface area contributed by atoms with Gasteiger partial charge in [-0.25, -0.2) is 9.37 Å². The smallest absolute Gasteiger partial charge is 0.269 e. The fourth-order valence-electron chi connectivity index (χ4n) is 5.03. The maximum Gasteiger partial charge on any atom is 0.269 e. The summed E-state index contributed by atoms with van der Waals surface area (Å²) in [6, 6.07) is 8.04. The van der Waals surface area contributed by atoms with Crippen molar-refractivity contribution in [2.75, 3.05) is 5.32 Å². The zero-order valence-corrected chi connectivity index (χ0v) is 18.1. The number of nitrogens with two attached hydrogens (primary N) is 1. The number of carbonyl (C=O) groups excluding carboxylic acids is 3. The van der Waals surface area contributed by atoms with E-state index in [0.717, 1.165) is 25.3 Å². The van der Waals surface area contributed by atoms with E-state index >= 15 is 0 Å². The van der Waals surface area contributed by atoms with Crippen LogP contribution in [-0.2, 0) is 16.1 Å². The molecular formula is C22H20ClFN6O3. The summed E-state index contributed by atoms with van der Waals surface area (Å²) in [5.74, 6) is -1.64. The molecule has 33 heavy (non-hydrogen) atoms. The highest BCUT2D eigenvalue weighted by atomic mass is 35.5. The van der Waals surface area contributed by atoms with Crippen LogP contribution in [0.25, 0.3) is 10.9 Å². The Balaban J connectivity index is 1.42. The number of hydrogen-bond acceptors (Lipinski definition) is 5. The topological polar surface area (TPSA) is 123 Å². The van der Waals surface area contributed by atoms with Gasteiger partial charge in [-0.05, 0) is 55.5 Å². The summed E-state index contributed by atoms with van der Waals surface area (Å²) in [7, 11) is 0. The molecule has 2 fully saturated rings. The lowest BCUT2D eigenvalue weighted by Crippen LogP contribution is -2.52. The number of nitrogens with zero attached hydrogens (tertiary/aromatic N) is 4. The van der Waals surface area contributed by atoms with Gasteiger partial charge in [-0.2, -0.15) is 5.10 Å². The van der Waals surface area contributed by atoms with Crippen LogP contribution in [0.1, 0.15) is 29.8 Å². The molecule has 3 aromatic rings. The number of nitrogens with one attached hydrogen (secondary N) is 1. The van der Waals surface area contributed by atoms with E-state index in [1.54, 1.807) is 23.1 Å². The van der Waals surface area contributed by atoms with E-state index < -0.39 is 17.8 Å². The van der Waals surface area contributed by atoms with Crippen LogP contribution in [0.2, 0.25) is 5.15 Å². The number of pyridine rings is 1. The summed E-state index contributed by atoms with van der Waals surface area (Å²) < 4.78 is 15.1. The number of anilines is 1. The molecule has 1 aliphatic heterocycles. The van der Waals surface area contributed by atoms with E-state index in [1.165, 1.54) is 16.8 Å². The molecule has 2 aliphatic rings. The molecule has 1 saturated carbocycles. The number of amides is 3. The van der Waals surface area contributed by atoms with Crippen LogP contribution in [0.4, 0.5) is 10.2 Å². The molecule has 2 aromatic heterocycles. The lowest BCUT2D eigenvalue weighted by molar-refractivity contribution is -0.141. The minimum Gasteiger partial charge on any atom is -0.364 e. The van der Waals surface area contributed by atoms with Gasteiger partial charge < -0.3 is 16.0 Å². The number of hydrogen-bond donors (Lipinski definition) is 2. The van der Waals surface area contributed by atoms with Gasteiger partial charge in [0.15, 0.2) is 5.69 Å². The average molecular weight is 471 g/mol. The van der Waals surface area contributed by atoms with Crippen molar-refractivity contribution in [1.82, 2.24) is 19.7 Å². The van der Waals surface area contributed by atoms with Crippen molar-refractivity contribution >= 4 is 46.0 Å². The predicted octanol–water partition coefficient (Wildman–Crippen LogP) is 2.34. The number of benzene rings is 1. The highest BCUT2D eigenvalue weighted by Gasteiger charge is 2.51. The van der Waals surface area contributed by atoms with Gasteiger partial charge >= 0.3 is 0 Å². The third-order valence-electron chi connectivity index (χ3n) is 6.34. The molecule has 0 radical (unpaired) electrons. The molecule has 1 saturated heterocycles. The van der Waals surface area contributed by atoms with Crippen molar-refractivity contribution in [2.24, 2.45) is 11.7 Å². The lowest BCUT2D eigenvalue weighted by Gasteiger charge is -2.34. The molecule has 3 amide bonds. The maximum absolute atomic E-state index is 13.7. The fraction of sp³-hybridized carbons (Fsp3) is 0.318. The van der Waals surface area contributed by atoms with Gasteiger partial charge in [-0.1, -0.05) is 17.7 Å². The largest absolute Gasteiger partial charge is 0.364 e. The summed E-state index contributed by atoms with van der Waals surface area (Å²) in [4.78, 5) is 44.0. The highest BCUT2D eigenvalue weighted by Crippen LogP contribution is 2.43. The monoisotopic (exact) mass is 470 g/mol. The molecule has 1 aromatic carbocycles. The van der Waals surface area contributed by atoms with E-state index in [0.29, 0.717) is 11.3 Å². The molecule has 2 bridgehead atoms. The van der Waals surface area contributed by atoms with Gasteiger partial charge in [0.05, 0.1) is 5.52 Å². The third kappa shape index (κ3) is 3.80. The summed E-state index contributed by atoms with van der Waals surface area (Å²) in [5, 5.41) is 7.40. The van der Waals surface area contributed by atoms with Gasteiger partial charge in [0.1, 0.15) is 29.4 Å². The fourth-order valence-corrected chi connectivity index (χ4v) is 5.19. The summed E-state index contributed by atoms with van der Waals surface area (Å²) in [5.41, 5.74) is 5.69. The Labute approximate surface area is 192 Å². The number of primary amides is 1. The number of fused-ring (bicyclic) bond motifs is 3. The normalized spacial score (nSPS) is 21.5. The number of halogens is 2. The van der Waals surface area contributed by atoms with Crippen molar-refractivity contribution in [2.45, 2.75) is 37.9 Å². The molecule has 1 aliphatic carbocycles. The van der Waals surface area contributed by atoms with Crippen molar-refractivity contribution in [3.8, 4) is 0 Å². The minimum absolute atomic E-state index is 0.0442. The van der Waals surface area contributed by atoms with Crippen molar-refractivity contribution in [3.63, 3.8) is 0 Å². The van der Waals surface area contributed by atoms with Crippen LogP contribution in [0.3, 0.4) is 0 Å². The van der Waals surface area contributed by atoms with Crippen LogP contribution < -0.4 is 11.1 Å². The Morgan fingerprint density at radius 3 is 2.79 bits per heavy atom.